The number of aliphatic hydroxyl groups excluding tert-OH is 2. The summed E-state index contributed by atoms with van der Waals surface area (Å²) in [6.07, 6.45) is 1.47. The SMILES string of the molecule is C=C1CC23CC1C(=O)CC2C1(C)CCCC(C)(C(=O)O)C1C(O)C3O. The van der Waals surface area contributed by atoms with Gasteiger partial charge in [-0.2, -0.15) is 0 Å². The third-order valence-electron chi connectivity index (χ3n) is 8.47. The van der Waals surface area contributed by atoms with Gasteiger partial charge in [-0.05, 0) is 43.9 Å². The monoisotopic (exact) mass is 348 g/mol. The lowest BCUT2D eigenvalue weighted by Crippen LogP contribution is -2.69. The zero-order chi connectivity index (χ0) is 18.4. The minimum Gasteiger partial charge on any atom is -0.481 e. The molecule has 0 aromatic rings. The van der Waals surface area contributed by atoms with Gasteiger partial charge in [-0.3, -0.25) is 9.59 Å². The summed E-state index contributed by atoms with van der Waals surface area (Å²) in [6, 6.07) is 0. The van der Waals surface area contributed by atoms with Gasteiger partial charge < -0.3 is 15.3 Å². The van der Waals surface area contributed by atoms with Crippen molar-refractivity contribution in [3.05, 3.63) is 12.2 Å². The Balaban J connectivity index is 1.88. The van der Waals surface area contributed by atoms with Gasteiger partial charge in [-0.15, -0.1) is 0 Å². The van der Waals surface area contributed by atoms with E-state index in [9.17, 15) is 24.9 Å². The Bertz CT molecular complexity index is 671. The van der Waals surface area contributed by atoms with Gasteiger partial charge in [0.15, 0.2) is 0 Å². The van der Waals surface area contributed by atoms with Crippen LogP contribution in [0, 0.1) is 34.0 Å². The number of ketones is 1. The normalized spacial score (nSPS) is 54.8. The molecule has 0 heterocycles. The zero-order valence-electron chi connectivity index (χ0n) is 15.0. The second kappa shape index (κ2) is 4.95. The van der Waals surface area contributed by atoms with Crippen LogP contribution in [0.25, 0.3) is 0 Å². The Hall–Kier alpha value is -1.20. The number of carboxylic acid groups (broad SMARTS) is 1. The molecule has 25 heavy (non-hydrogen) atoms. The van der Waals surface area contributed by atoms with Gasteiger partial charge in [0.25, 0.3) is 0 Å². The van der Waals surface area contributed by atoms with E-state index in [1.54, 1.807) is 6.92 Å². The standard InChI is InChI=1S/C20H28O5/c1-10-8-20-9-11(10)12(21)7-13(20)18(2)5-4-6-19(3,17(24)25)15(18)14(22)16(20)23/h11,13-16,22-23H,1,4-9H2,2-3H3,(H,24,25). The van der Waals surface area contributed by atoms with Crippen molar-refractivity contribution in [2.45, 2.75) is 64.6 Å². The maximum absolute atomic E-state index is 12.7. The van der Waals surface area contributed by atoms with E-state index in [0.717, 1.165) is 18.4 Å². The van der Waals surface area contributed by atoms with E-state index in [0.29, 0.717) is 25.7 Å². The first-order chi connectivity index (χ1) is 11.6. The van der Waals surface area contributed by atoms with Crippen molar-refractivity contribution in [3.63, 3.8) is 0 Å². The van der Waals surface area contributed by atoms with Gasteiger partial charge in [-0.25, -0.2) is 0 Å². The van der Waals surface area contributed by atoms with Gasteiger partial charge in [0.05, 0.1) is 17.6 Å². The first-order valence-corrected chi connectivity index (χ1v) is 9.38. The number of rotatable bonds is 1. The number of carboxylic acids is 1. The third-order valence-corrected chi connectivity index (χ3v) is 8.47. The summed E-state index contributed by atoms with van der Waals surface area (Å²) in [5.74, 6) is -1.58. The molecule has 0 aromatic carbocycles. The molecule has 4 saturated carbocycles. The fraction of sp³-hybridized carbons (Fsp3) is 0.800. The average Bonchev–Trinajstić information content (AvgIpc) is 2.83. The molecule has 138 valence electrons. The van der Waals surface area contributed by atoms with Crippen molar-refractivity contribution in [2.75, 3.05) is 0 Å². The zero-order valence-corrected chi connectivity index (χ0v) is 15.0. The summed E-state index contributed by atoms with van der Waals surface area (Å²) in [4.78, 5) is 24.8. The number of hydrogen-bond acceptors (Lipinski definition) is 4. The minimum atomic E-state index is -1.08. The van der Waals surface area contributed by atoms with Crippen LogP contribution >= 0.6 is 0 Å². The van der Waals surface area contributed by atoms with E-state index >= 15 is 0 Å². The summed E-state index contributed by atoms with van der Waals surface area (Å²) < 4.78 is 0. The van der Waals surface area contributed by atoms with Crippen LogP contribution in [0.15, 0.2) is 12.2 Å². The summed E-state index contributed by atoms with van der Waals surface area (Å²) >= 11 is 0. The first kappa shape index (κ1) is 17.2. The highest BCUT2D eigenvalue weighted by molar-refractivity contribution is 5.86. The molecular weight excluding hydrogens is 320 g/mol. The molecule has 8 atom stereocenters. The molecule has 8 unspecified atom stereocenters. The van der Waals surface area contributed by atoms with E-state index in [-0.39, 0.29) is 17.6 Å². The van der Waals surface area contributed by atoms with Crippen LogP contribution in [0.1, 0.15) is 52.4 Å². The van der Waals surface area contributed by atoms with Crippen LogP contribution in [0.4, 0.5) is 0 Å². The molecule has 1 spiro atoms. The Morgan fingerprint density at radius 3 is 2.56 bits per heavy atom. The number of allylic oxidation sites excluding steroid dienone is 1. The molecule has 4 aliphatic rings. The quantitative estimate of drug-likeness (QED) is 0.631. The van der Waals surface area contributed by atoms with Gasteiger partial charge in [0.1, 0.15) is 5.78 Å². The van der Waals surface area contributed by atoms with Crippen molar-refractivity contribution in [1.82, 2.24) is 0 Å². The largest absolute Gasteiger partial charge is 0.481 e. The van der Waals surface area contributed by atoms with Gasteiger partial charge >= 0.3 is 5.97 Å². The first-order valence-electron chi connectivity index (χ1n) is 9.38. The number of aliphatic hydroxyl groups is 2. The molecule has 0 saturated heterocycles. The van der Waals surface area contributed by atoms with Crippen molar-refractivity contribution >= 4 is 11.8 Å². The lowest BCUT2D eigenvalue weighted by molar-refractivity contribution is -0.252. The Morgan fingerprint density at radius 1 is 1.24 bits per heavy atom. The summed E-state index contributed by atoms with van der Waals surface area (Å²) in [5, 5.41) is 32.1. The number of fused-ring (bicyclic) bond motifs is 3. The predicted octanol–water partition coefficient (Wildman–Crippen LogP) is 2.16. The molecule has 0 radical (unpaired) electrons. The Labute approximate surface area is 148 Å². The molecule has 0 amide bonds. The fourth-order valence-corrected chi connectivity index (χ4v) is 7.41. The van der Waals surface area contributed by atoms with E-state index in [1.807, 2.05) is 6.92 Å². The molecule has 0 aliphatic heterocycles. The van der Waals surface area contributed by atoms with Gasteiger partial charge in [0.2, 0.25) is 0 Å². The molecule has 4 aliphatic carbocycles. The third kappa shape index (κ3) is 1.86. The highest BCUT2D eigenvalue weighted by Gasteiger charge is 2.72. The van der Waals surface area contributed by atoms with E-state index in [4.69, 9.17) is 0 Å². The van der Waals surface area contributed by atoms with Crippen molar-refractivity contribution in [2.24, 2.45) is 34.0 Å². The van der Waals surface area contributed by atoms with E-state index in [1.165, 1.54) is 0 Å². The number of Topliss-reactive ketones (excluding diaryl/α,β-unsaturated/α-hetero) is 1. The van der Waals surface area contributed by atoms with Crippen LogP contribution in [0.5, 0.6) is 0 Å². The van der Waals surface area contributed by atoms with Gasteiger partial charge in [0, 0.05) is 23.7 Å². The maximum Gasteiger partial charge on any atom is 0.309 e. The van der Waals surface area contributed by atoms with Crippen molar-refractivity contribution in [1.29, 1.82) is 0 Å². The Morgan fingerprint density at radius 2 is 1.92 bits per heavy atom. The maximum atomic E-state index is 12.7. The lowest BCUT2D eigenvalue weighted by atomic mass is 9.39. The van der Waals surface area contributed by atoms with Crippen LogP contribution in [-0.4, -0.2) is 39.3 Å². The second-order valence-corrected chi connectivity index (χ2v) is 9.54. The van der Waals surface area contributed by atoms with Gasteiger partial charge in [-0.1, -0.05) is 25.5 Å². The highest BCUT2D eigenvalue weighted by atomic mass is 16.4. The fourth-order valence-electron chi connectivity index (χ4n) is 7.41. The molecular formula is C20H28O5. The number of carbonyl (C=O) groups is 2. The molecule has 4 rings (SSSR count). The topological polar surface area (TPSA) is 94.8 Å². The van der Waals surface area contributed by atoms with Crippen molar-refractivity contribution < 1.29 is 24.9 Å². The second-order valence-electron chi connectivity index (χ2n) is 9.54. The molecule has 5 nitrogen and oxygen atoms in total. The summed E-state index contributed by atoms with van der Waals surface area (Å²) in [6.45, 7) is 7.82. The molecule has 3 N–H and O–H groups in total. The summed E-state index contributed by atoms with van der Waals surface area (Å²) in [5.41, 5.74) is -1.20. The van der Waals surface area contributed by atoms with Crippen LogP contribution in [0.2, 0.25) is 0 Å². The molecule has 5 heteroatoms. The number of hydrogen-bond donors (Lipinski definition) is 3. The molecule has 0 aromatic heterocycles. The van der Waals surface area contributed by atoms with Crippen LogP contribution in [-0.2, 0) is 9.59 Å². The predicted molar refractivity (Wildman–Crippen MR) is 90.6 cm³/mol. The highest BCUT2D eigenvalue weighted by Crippen LogP contribution is 2.71. The van der Waals surface area contributed by atoms with E-state index in [2.05, 4.69) is 6.58 Å². The van der Waals surface area contributed by atoms with Crippen LogP contribution in [0.3, 0.4) is 0 Å². The molecule has 4 fully saturated rings. The minimum absolute atomic E-state index is 0.0922. The van der Waals surface area contributed by atoms with Crippen molar-refractivity contribution in [3.8, 4) is 0 Å². The lowest BCUT2D eigenvalue weighted by Gasteiger charge is -2.65. The Kier molecular flexibility index (Phi) is 3.41. The smallest absolute Gasteiger partial charge is 0.309 e. The average molecular weight is 348 g/mol. The number of aliphatic carboxylic acids is 1. The summed E-state index contributed by atoms with van der Waals surface area (Å²) in [7, 11) is 0. The van der Waals surface area contributed by atoms with Crippen LogP contribution < -0.4 is 0 Å². The van der Waals surface area contributed by atoms with E-state index < -0.39 is 40.3 Å². The molecule has 2 bridgehead atoms. The number of carbonyl (C=O) groups excluding carboxylic acids is 1.